The molecule has 0 heterocycles. The van der Waals surface area contributed by atoms with Crippen LogP contribution in [0.3, 0.4) is 0 Å². The van der Waals surface area contributed by atoms with Crippen molar-refractivity contribution in [2.75, 3.05) is 0 Å². The van der Waals surface area contributed by atoms with Gasteiger partial charge in [-0.3, -0.25) is 4.79 Å². The van der Waals surface area contributed by atoms with Gasteiger partial charge in [0, 0.05) is 4.75 Å². The molecule has 78 valence electrons. The second kappa shape index (κ2) is 3.16. The predicted octanol–water partition coefficient (Wildman–Crippen LogP) is 2.35. The summed E-state index contributed by atoms with van der Waals surface area (Å²) in [7, 11) is 0. The van der Waals surface area contributed by atoms with Crippen molar-refractivity contribution in [2.24, 2.45) is 17.8 Å². The Labute approximate surface area is 89.3 Å². The topological polar surface area (TPSA) is 29.1 Å². The third-order valence-electron chi connectivity index (χ3n) is 4.31. The maximum absolute atomic E-state index is 10.4. The average Bonchev–Trinajstić information content (AvgIpc) is 2.12. The van der Waals surface area contributed by atoms with Gasteiger partial charge in [0.05, 0.1) is 0 Å². The second-order valence-corrected chi connectivity index (χ2v) is 6.74. The van der Waals surface area contributed by atoms with E-state index in [4.69, 9.17) is 0 Å². The Kier molecular flexibility index (Phi) is 2.05. The number of carbonyl (C=O) groups is 1. The first kappa shape index (κ1) is 9.08. The third-order valence-corrected chi connectivity index (χ3v) is 5.45. The minimum Gasteiger partial charge on any atom is -0.302 e. The van der Waals surface area contributed by atoms with Gasteiger partial charge in [0.25, 0.3) is 0 Å². The van der Waals surface area contributed by atoms with Gasteiger partial charge in [0.2, 0.25) is 6.41 Å². The lowest BCUT2D eigenvalue weighted by atomic mass is 9.56. The summed E-state index contributed by atoms with van der Waals surface area (Å²) < 4.78 is 3.27. The molecule has 0 unspecified atom stereocenters. The summed E-state index contributed by atoms with van der Waals surface area (Å²) >= 11 is 1.72. The fourth-order valence-electron chi connectivity index (χ4n) is 4.31. The van der Waals surface area contributed by atoms with E-state index in [0.717, 1.165) is 24.2 Å². The Morgan fingerprint density at radius 3 is 2.00 bits per heavy atom. The van der Waals surface area contributed by atoms with Crippen LogP contribution < -0.4 is 4.72 Å². The largest absolute Gasteiger partial charge is 0.302 e. The van der Waals surface area contributed by atoms with Crippen molar-refractivity contribution in [2.45, 2.75) is 43.3 Å². The molecule has 0 spiro atoms. The number of hydrogen-bond donors (Lipinski definition) is 1. The van der Waals surface area contributed by atoms with E-state index in [1.54, 1.807) is 11.9 Å². The van der Waals surface area contributed by atoms with Crippen LogP contribution in [0.5, 0.6) is 0 Å². The molecule has 0 aromatic rings. The van der Waals surface area contributed by atoms with Crippen molar-refractivity contribution in [3.05, 3.63) is 0 Å². The highest BCUT2D eigenvalue weighted by atomic mass is 32.2. The van der Waals surface area contributed by atoms with E-state index in [-0.39, 0.29) is 0 Å². The van der Waals surface area contributed by atoms with Gasteiger partial charge in [-0.05, 0) is 68.2 Å². The highest BCUT2D eigenvalue weighted by molar-refractivity contribution is 7.99. The summed E-state index contributed by atoms with van der Waals surface area (Å²) in [6.07, 6.45) is 9.31. The number of amides is 1. The molecule has 0 aliphatic heterocycles. The van der Waals surface area contributed by atoms with E-state index in [0.29, 0.717) is 4.75 Å². The van der Waals surface area contributed by atoms with Crippen molar-refractivity contribution in [1.29, 1.82) is 0 Å². The van der Waals surface area contributed by atoms with Crippen LogP contribution in [0.4, 0.5) is 0 Å². The van der Waals surface area contributed by atoms with Gasteiger partial charge in [0.15, 0.2) is 0 Å². The van der Waals surface area contributed by atoms with Crippen LogP contribution in [0.25, 0.3) is 0 Å². The van der Waals surface area contributed by atoms with Crippen LogP contribution in [0.15, 0.2) is 0 Å². The molecular formula is C11H17NOS. The average molecular weight is 211 g/mol. The zero-order valence-corrected chi connectivity index (χ0v) is 9.19. The lowest BCUT2D eigenvalue weighted by Crippen LogP contribution is -2.49. The molecule has 4 bridgehead atoms. The SMILES string of the molecule is O=CNSC12CC3CC(CC(C3)C1)C2. The summed E-state index contributed by atoms with van der Waals surface area (Å²) in [5.74, 6) is 2.92. The molecule has 0 radical (unpaired) electrons. The van der Waals surface area contributed by atoms with Gasteiger partial charge in [-0.1, -0.05) is 0 Å². The van der Waals surface area contributed by atoms with Crippen LogP contribution in [-0.4, -0.2) is 11.2 Å². The fourth-order valence-corrected chi connectivity index (χ4v) is 5.56. The molecule has 0 aromatic heterocycles. The molecule has 4 saturated carbocycles. The molecule has 4 aliphatic rings. The Morgan fingerprint density at radius 2 is 1.57 bits per heavy atom. The number of carbonyl (C=O) groups excluding carboxylic acids is 1. The molecule has 0 aromatic carbocycles. The summed E-state index contributed by atoms with van der Waals surface area (Å²) in [5.41, 5.74) is 0. The Morgan fingerprint density at radius 1 is 1.07 bits per heavy atom. The predicted molar refractivity (Wildman–Crippen MR) is 57.7 cm³/mol. The van der Waals surface area contributed by atoms with Crippen molar-refractivity contribution in [1.82, 2.24) is 4.72 Å². The van der Waals surface area contributed by atoms with Crippen molar-refractivity contribution < 1.29 is 4.79 Å². The van der Waals surface area contributed by atoms with Crippen LogP contribution in [0, 0.1) is 17.8 Å². The van der Waals surface area contributed by atoms with Crippen LogP contribution >= 0.6 is 11.9 Å². The first-order chi connectivity index (χ1) is 6.80. The normalized spacial score (nSPS) is 49.3. The molecule has 0 atom stereocenters. The van der Waals surface area contributed by atoms with Gasteiger partial charge in [-0.2, -0.15) is 0 Å². The van der Waals surface area contributed by atoms with Gasteiger partial charge >= 0.3 is 0 Å². The molecule has 4 aliphatic carbocycles. The Hall–Kier alpha value is -0.180. The second-order valence-electron chi connectivity index (χ2n) is 5.44. The third kappa shape index (κ3) is 1.37. The zero-order valence-electron chi connectivity index (χ0n) is 8.37. The molecule has 4 rings (SSSR count). The highest BCUT2D eigenvalue weighted by Gasteiger charge is 2.51. The van der Waals surface area contributed by atoms with E-state index in [1.165, 1.54) is 38.5 Å². The standard InChI is InChI=1S/C11H17NOS/c13-7-12-14-11-4-8-1-9(5-11)3-10(2-8)6-11/h7-10H,1-6H2,(H,12,13). The molecule has 3 heteroatoms. The van der Waals surface area contributed by atoms with Crippen LogP contribution in [-0.2, 0) is 4.79 Å². The fraction of sp³-hybridized carbons (Fsp3) is 0.909. The van der Waals surface area contributed by atoms with Gasteiger partial charge in [-0.15, -0.1) is 0 Å². The van der Waals surface area contributed by atoms with Crippen molar-refractivity contribution >= 4 is 18.4 Å². The quantitative estimate of drug-likeness (QED) is 0.573. The summed E-state index contributed by atoms with van der Waals surface area (Å²) in [6.45, 7) is 0. The van der Waals surface area contributed by atoms with Gasteiger partial charge in [0.1, 0.15) is 0 Å². The highest BCUT2D eigenvalue weighted by Crippen LogP contribution is 2.59. The Bertz CT molecular complexity index is 218. The lowest BCUT2D eigenvalue weighted by molar-refractivity contribution is -0.108. The van der Waals surface area contributed by atoms with Crippen molar-refractivity contribution in [3.8, 4) is 0 Å². The number of hydrogen-bond acceptors (Lipinski definition) is 2. The molecule has 4 fully saturated rings. The van der Waals surface area contributed by atoms with Gasteiger partial charge in [-0.25, -0.2) is 0 Å². The number of nitrogens with one attached hydrogen (secondary N) is 1. The Balaban J connectivity index is 1.77. The van der Waals surface area contributed by atoms with E-state index >= 15 is 0 Å². The van der Waals surface area contributed by atoms with E-state index in [1.807, 2.05) is 0 Å². The minimum atomic E-state index is 0.426. The van der Waals surface area contributed by atoms with E-state index in [2.05, 4.69) is 4.72 Å². The number of rotatable bonds is 3. The first-order valence-corrected chi connectivity index (χ1v) is 6.48. The zero-order chi connectivity index (χ0) is 9.60. The maximum Gasteiger partial charge on any atom is 0.216 e. The molecule has 1 N–H and O–H groups in total. The van der Waals surface area contributed by atoms with Gasteiger partial charge < -0.3 is 4.72 Å². The molecule has 2 nitrogen and oxygen atoms in total. The molecule has 1 amide bonds. The molecule has 14 heavy (non-hydrogen) atoms. The maximum atomic E-state index is 10.4. The smallest absolute Gasteiger partial charge is 0.216 e. The van der Waals surface area contributed by atoms with E-state index in [9.17, 15) is 4.79 Å². The lowest BCUT2D eigenvalue weighted by Gasteiger charge is -2.55. The van der Waals surface area contributed by atoms with Crippen LogP contribution in [0.1, 0.15) is 38.5 Å². The summed E-state index contributed by atoms with van der Waals surface area (Å²) in [4.78, 5) is 10.4. The van der Waals surface area contributed by atoms with Crippen LogP contribution in [0.2, 0.25) is 0 Å². The van der Waals surface area contributed by atoms with Crippen molar-refractivity contribution in [3.63, 3.8) is 0 Å². The van der Waals surface area contributed by atoms with E-state index < -0.39 is 0 Å². The monoisotopic (exact) mass is 211 g/mol. The summed E-state index contributed by atoms with van der Waals surface area (Å²) in [5, 5.41) is 0. The first-order valence-electron chi connectivity index (χ1n) is 5.67. The molecule has 0 saturated heterocycles. The minimum absolute atomic E-state index is 0.426. The summed E-state index contributed by atoms with van der Waals surface area (Å²) in [6, 6.07) is 0. The molecular weight excluding hydrogens is 194 g/mol.